The van der Waals surface area contributed by atoms with Crippen molar-refractivity contribution in [3.8, 4) is 11.1 Å². The Morgan fingerprint density at radius 1 is 1.15 bits per heavy atom. The summed E-state index contributed by atoms with van der Waals surface area (Å²) in [6.07, 6.45) is 4.20. The van der Waals surface area contributed by atoms with Gasteiger partial charge in [-0.25, -0.2) is 4.39 Å². The number of rotatable bonds is 8. The van der Waals surface area contributed by atoms with Crippen molar-refractivity contribution < 1.29 is 9.18 Å². The summed E-state index contributed by atoms with van der Waals surface area (Å²) in [5, 5.41) is 0. The summed E-state index contributed by atoms with van der Waals surface area (Å²) in [5.41, 5.74) is 10.1. The van der Waals surface area contributed by atoms with Crippen LogP contribution in [0.1, 0.15) is 74.7 Å². The molecule has 0 saturated heterocycles. The topological polar surface area (TPSA) is 48.0 Å². The summed E-state index contributed by atoms with van der Waals surface area (Å²) in [7, 11) is 0. The van der Waals surface area contributed by atoms with E-state index in [0.717, 1.165) is 48.2 Å². The summed E-state index contributed by atoms with van der Waals surface area (Å²) in [4.78, 5) is 12.3. The summed E-state index contributed by atoms with van der Waals surface area (Å²) in [6.45, 7) is 10.7. The number of nitrogens with zero attached hydrogens (tertiary/aromatic N) is 1. The van der Waals surface area contributed by atoms with Gasteiger partial charge in [-0.05, 0) is 50.3 Å². The first-order valence-corrected chi connectivity index (χ1v) is 9.58. The lowest BCUT2D eigenvalue weighted by Gasteiger charge is -2.23. The van der Waals surface area contributed by atoms with Gasteiger partial charge < -0.3 is 10.3 Å². The highest BCUT2D eigenvalue weighted by Gasteiger charge is 2.27. The zero-order valence-electron chi connectivity index (χ0n) is 16.6. The van der Waals surface area contributed by atoms with Crippen LogP contribution in [-0.4, -0.2) is 10.5 Å². The zero-order valence-corrected chi connectivity index (χ0v) is 16.6. The van der Waals surface area contributed by atoms with Gasteiger partial charge in [0.05, 0.1) is 5.56 Å². The minimum atomic E-state index is -0.423. The van der Waals surface area contributed by atoms with Crippen molar-refractivity contribution in [2.75, 3.05) is 0 Å². The van der Waals surface area contributed by atoms with Gasteiger partial charge in [0.25, 0.3) is 5.91 Å². The largest absolute Gasteiger partial charge is 0.366 e. The van der Waals surface area contributed by atoms with Crippen LogP contribution < -0.4 is 5.73 Å². The molecule has 2 rings (SSSR count). The number of halogens is 1. The second-order valence-electron chi connectivity index (χ2n) is 7.46. The number of aromatic nitrogens is 1. The Hall–Kier alpha value is -2.10. The van der Waals surface area contributed by atoms with E-state index in [4.69, 9.17) is 5.73 Å². The molecule has 0 aliphatic heterocycles. The first-order chi connectivity index (χ1) is 12.3. The maximum Gasteiger partial charge on any atom is 0.251 e. The molecule has 26 heavy (non-hydrogen) atoms. The number of hydrogen-bond donors (Lipinski definition) is 1. The van der Waals surface area contributed by atoms with Crippen LogP contribution in [-0.2, 0) is 6.42 Å². The quantitative estimate of drug-likeness (QED) is 0.609. The van der Waals surface area contributed by atoms with Crippen molar-refractivity contribution in [3.63, 3.8) is 0 Å². The van der Waals surface area contributed by atoms with Gasteiger partial charge in [-0.2, -0.15) is 0 Å². The van der Waals surface area contributed by atoms with E-state index in [1.54, 1.807) is 12.1 Å². The molecule has 0 radical (unpaired) electrons. The van der Waals surface area contributed by atoms with Crippen LogP contribution >= 0.6 is 0 Å². The summed E-state index contributed by atoms with van der Waals surface area (Å²) >= 11 is 0. The molecule has 0 bridgehead atoms. The highest BCUT2D eigenvalue weighted by atomic mass is 19.1. The molecule has 1 atom stereocenters. The van der Waals surface area contributed by atoms with Crippen molar-refractivity contribution in [1.29, 1.82) is 0 Å². The fraction of sp³-hybridized carbons (Fsp3) is 0.500. The smallest absolute Gasteiger partial charge is 0.251 e. The Morgan fingerprint density at radius 2 is 1.77 bits per heavy atom. The van der Waals surface area contributed by atoms with Crippen molar-refractivity contribution in [2.24, 2.45) is 11.7 Å². The molecular weight excluding hydrogens is 327 g/mol. The highest BCUT2D eigenvalue weighted by Crippen LogP contribution is 2.37. The molecular formula is C22H31FN2O. The molecule has 0 aliphatic carbocycles. The van der Waals surface area contributed by atoms with Crippen molar-refractivity contribution >= 4 is 5.91 Å². The molecule has 0 fully saturated rings. The Labute approximate surface area is 156 Å². The van der Waals surface area contributed by atoms with Crippen LogP contribution in [0, 0.1) is 18.7 Å². The average Bonchev–Trinajstić information content (AvgIpc) is 2.87. The average molecular weight is 359 g/mol. The molecule has 1 aromatic heterocycles. The highest BCUT2D eigenvalue weighted by molar-refractivity contribution is 6.02. The molecule has 142 valence electrons. The summed E-state index contributed by atoms with van der Waals surface area (Å²) in [6, 6.07) is 6.61. The van der Waals surface area contributed by atoms with E-state index >= 15 is 0 Å². The fourth-order valence-corrected chi connectivity index (χ4v) is 3.63. The number of hydrogen-bond acceptors (Lipinski definition) is 1. The SMILES string of the molecule is CCCCCc1c(-c2ccc(F)cc2)c(C(N)=O)c(C)n1C(C)C(C)C. The maximum absolute atomic E-state index is 13.4. The molecule has 2 aromatic rings. The second-order valence-corrected chi connectivity index (χ2v) is 7.46. The van der Waals surface area contributed by atoms with Gasteiger partial charge >= 0.3 is 0 Å². The summed E-state index contributed by atoms with van der Waals surface area (Å²) < 4.78 is 15.7. The minimum absolute atomic E-state index is 0.249. The molecule has 4 heteroatoms. The predicted octanol–water partition coefficient (Wildman–Crippen LogP) is 5.65. The van der Waals surface area contributed by atoms with Gasteiger partial charge in [-0.1, -0.05) is 45.7 Å². The van der Waals surface area contributed by atoms with Gasteiger partial charge in [0.15, 0.2) is 0 Å². The van der Waals surface area contributed by atoms with E-state index in [9.17, 15) is 9.18 Å². The van der Waals surface area contributed by atoms with Crippen LogP contribution in [0.5, 0.6) is 0 Å². The molecule has 0 saturated carbocycles. The van der Waals surface area contributed by atoms with Crippen molar-refractivity contribution in [1.82, 2.24) is 4.57 Å². The number of benzene rings is 1. The van der Waals surface area contributed by atoms with Gasteiger partial charge in [-0.15, -0.1) is 0 Å². The lowest BCUT2D eigenvalue weighted by molar-refractivity contribution is 0.1000. The van der Waals surface area contributed by atoms with Crippen LogP contribution in [0.4, 0.5) is 4.39 Å². The third-order valence-electron chi connectivity index (χ3n) is 5.32. The first kappa shape index (κ1) is 20.2. The molecule has 1 unspecified atom stereocenters. The fourth-order valence-electron chi connectivity index (χ4n) is 3.63. The van der Waals surface area contributed by atoms with Crippen LogP contribution in [0.15, 0.2) is 24.3 Å². The van der Waals surface area contributed by atoms with Crippen LogP contribution in [0.3, 0.4) is 0 Å². The summed E-state index contributed by atoms with van der Waals surface area (Å²) in [5.74, 6) is -0.283. The number of nitrogens with two attached hydrogens (primary N) is 1. The van der Waals surface area contributed by atoms with E-state index in [1.165, 1.54) is 12.1 Å². The Balaban J connectivity index is 2.74. The van der Waals surface area contributed by atoms with Gasteiger partial charge in [0.1, 0.15) is 5.82 Å². The second kappa shape index (κ2) is 8.52. The molecule has 0 aliphatic rings. The van der Waals surface area contributed by atoms with E-state index in [2.05, 4.69) is 32.3 Å². The molecule has 1 aromatic carbocycles. The number of primary amides is 1. The number of carbonyl (C=O) groups excluding carboxylic acids is 1. The van der Waals surface area contributed by atoms with E-state index in [-0.39, 0.29) is 11.9 Å². The molecule has 3 nitrogen and oxygen atoms in total. The number of unbranched alkanes of at least 4 members (excludes halogenated alkanes) is 2. The van der Waals surface area contributed by atoms with Crippen LogP contribution in [0.2, 0.25) is 0 Å². The number of carbonyl (C=O) groups is 1. The lowest BCUT2D eigenvalue weighted by atomic mass is 9.97. The van der Waals surface area contributed by atoms with Crippen LogP contribution in [0.25, 0.3) is 11.1 Å². The predicted molar refractivity (Wildman–Crippen MR) is 106 cm³/mol. The van der Waals surface area contributed by atoms with Gasteiger partial charge in [0, 0.05) is 23.0 Å². The molecule has 0 spiro atoms. The van der Waals surface area contributed by atoms with Crippen molar-refractivity contribution in [3.05, 3.63) is 47.0 Å². The van der Waals surface area contributed by atoms with E-state index in [1.807, 2.05) is 6.92 Å². The zero-order chi connectivity index (χ0) is 19.4. The third kappa shape index (κ3) is 4.00. The third-order valence-corrected chi connectivity index (χ3v) is 5.32. The minimum Gasteiger partial charge on any atom is -0.366 e. The lowest BCUT2D eigenvalue weighted by Crippen LogP contribution is -2.17. The normalized spacial score (nSPS) is 12.6. The van der Waals surface area contributed by atoms with E-state index in [0.29, 0.717) is 11.5 Å². The Morgan fingerprint density at radius 3 is 2.27 bits per heavy atom. The van der Waals surface area contributed by atoms with Crippen molar-refractivity contribution in [2.45, 2.75) is 66.3 Å². The number of amides is 1. The maximum atomic E-state index is 13.4. The first-order valence-electron chi connectivity index (χ1n) is 9.58. The monoisotopic (exact) mass is 358 g/mol. The van der Waals surface area contributed by atoms with E-state index < -0.39 is 5.91 Å². The molecule has 1 amide bonds. The molecule has 2 N–H and O–H groups in total. The Bertz CT molecular complexity index is 759. The standard InChI is InChI=1S/C22H31FN2O/c1-6-7-8-9-19-21(17-10-12-18(23)13-11-17)20(22(24)26)16(5)25(19)15(4)14(2)3/h10-15H,6-9H2,1-5H3,(H2,24,26). The van der Waals surface area contributed by atoms with Gasteiger partial charge in [0.2, 0.25) is 0 Å². The van der Waals surface area contributed by atoms with Gasteiger partial charge in [-0.3, -0.25) is 4.79 Å². The molecule has 1 heterocycles. The Kier molecular flexibility index (Phi) is 6.63.